The van der Waals surface area contributed by atoms with Gasteiger partial charge in [0.05, 0.1) is 24.5 Å². The number of anilines is 1. The molecule has 4 N–H and O–H groups in total. The smallest absolute Gasteiger partial charge is 0.250 e. The van der Waals surface area contributed by atoms with E-state index in [9.17, 15) is 23.6 Å². The number of carbonyl (C=O) groups is 4. The number of nitrogens with zero attached hydrogens (tertiary/aromatic N) is 1. The molecule has 1 aromatic carbocycles. The Labute approximate surface area is 171 Å². The Morgan fingerprint density at radius 2 is 2.10 bits per heavy atom. The fourth-order valence-corrected chi connectivity index (χ4v) is 5.40. The minimum absolute atomic E-state index is 0.0989. The largest absolute Gasteiger partial charge is 0.376 e. The van der Waals surface area contributed by atoms with Gasteiger partial charge < -0.3 is 15.8 Å². The number of nitrogens with two attached hydrogens (primary N) is 1. The van der Waals surface area contributed by atoms with Crippen LogP contribution in [-0.4, -0.2) is 53.8 Å². The second-order valence-corrected chi connectivity index (χ2v) is 8.30. The van der Waals surface area contributed by atoms with E-state index in [1.54, 1.807) is 0 Å². The molecule has 0 radical (unpaired) electrons. The Kier molecular flexibility index (Phi) is 4.19. The number of likely N-dealkylation sites (tertiary alicyclic amines) is 1. The van der Waals surface area contributed by atoms with Crippen LogP contribution in [-0.2, 0) is 29.5 Å². The molecule has 4 aliphatic rings. The molecule has 0 bridgehead atoms. The van der Waals surface area contributed by atoms with E-state index in [1.165, 1.54) is 18.2 Å². The van der Waals surface area contributed by atoms with E-state index in [0.717, 1.165) is 17.7 Å². The fourth-order valence-electron chi connectivity index (χ4n) is 5.40. The molecule has 4 heterocycles. The molecular weight excluding hydrogens is 395 g/mol. The van der Waals surface area contributed by atoms with E-state index < -0.39 is 52.9 Å². The SMILES string of the molecule is NC(=O)C[C@@H]1N[C@@]2(C(=O)Nc3ccc(F)cc32)[C@H]2C(=O)N(CC3CCCO3)C(=O)[C@@H]12. The van der Waals surface area contributed by atoms with Crippen molar-refractivity contribution in [3.63, 3.8) is 0 Å². The van der Waals surface area contributed by atoms with Crippen LogP contribution in [0, 0.1) is 17.7 Å². The quantitative estimate of drug-likeness (QED) is 0.573. The van der Waals surface area contributed by atoms with E-state index in [-0.39, 0.29) is 24.6 Å². The van der Waals surface area contributed by atoms with Crippen LogP contribution in [0.5, 0.6) is 0 Å². The molecule has 0 aromatic heterocycles. The first kappa shape index (κ1) is 19.1. The number of primary amides is 1. The third-order valence-corrected chi connectivity index (χ3v) is 6.60. The molecule has 1 aromatic rings. The number of hydrogen-bond acceptors (Lipinski definition) is 6. The highest BCUT2D eigenvalue weighted by Crippen LogP contribution is 2.53. The minimum atomic E-state index is -1.64. The maximum absolute atomic E-state index is 14.1. The molecule has 1 spiro atoms. The molecule has 9 nitrogen and oxygen atoms in total. The number of hydrogen-bond donors (Lipinski definition) is 3. The van der Waals surface area contributed by atoms with Gasteiger partial charge in [0.25, 0.3) is 0 Å². The number of fused-ring (bicyclic) bond motifs is 4. The summed E-state index contributed by atoms with van der Waals surface area (Å²) in [5.74, 6) is -4.83. The summed E-state index contributed by atoms with van der Waals surface area (Å²) < 4.78 is 19.6. The lowest BCUT2D eigenvalue weighted by Gasteiger charge is -2.30. The molecule has 1 unspecified atom stereocenters. The van der Waals surface area contributed by atoms with Crippen molar-refractivity contribution in [2.75, 3.05) is 18.5 Å². The van der Waals surface area contributed by atoms with E-state index in [0.29, 0.717) is 12.3 Å². The minimum Gasteiger partial charge on any atom is -0.376 e. The third kappa shape index (κ3) is 2.53. The molecule has 0 aliphatic carbocycles. The monoisotopic (exact) mass is 416 g/mol. The number of imide groups is 1. The molecular formula is C20H21FN4O5. The normalized spacial score (nSPS) is 34.6. The van der Waals surface area contributed by atoms with Crippen LogP contribution in [0.2, 0.25) is 0 Å². The number of amides is 4. The molecule has 4 aliphatic heterocycles. The molecule has 3 fully saturated rings. The Hall–Kier alpha value is -2.85. The van der Waals surface area contributed by atoms with Gasteiger partial charge in [0.2, 0.25) is 23.6 Å². The predicted molar refractivity (Wildman–Crippen MR) is 100 cm³/mol. The van der Waals surface area contributed by atoms with Gasteiger partial charge in [-0.15, -0.1) is 0 Å². The molecule has 158 valence electrons. The lowest BCUT2D eigenvalue weighted by atomic mass is 9.76. The molecule has 10 heteroatoms. The first-order valence-electron chi connectivity index (χ1n) is 9.97. The number of benzene rings is 1. The summed E-state index contributed by atoms with van der Waals surface area (Å²) in [5, 5.41) is 5.70. The first-order valence-corrected chi connectivity index (χ1v) is 9.97. The molecule has 4 amide bonds. The highest BCUT2D eigenvalue weighted by Gasteiger charge is 2.70. The average Bonchev–Trinajstić information content (AvgIpc) is 3.42. The first-order chi connectivity index (χ1) is 14.3. The van der Waals surface area contributed by atoms with Crippen LogP contribution >= 0.6 is 0 Å². The number of ether oxygens (including phenoxy) is 1. The number of rotatable bonds is 4. The summed E-state index contributed by atoms with van der Waals surface area (Å²) in [5.41, 5.74) is 4.36. The predicted octanol–water partition coefficient (Wildman–Crippen LogP) is -0.400. The van der Waals surface area contributed by atoms with Crippen LogP contribution in [0.1, 0.15) is 24.8 Å². The van der Waals surface area contributed by atoms with Crippen LogP contribution in [0.15, 0.2) is 18.2 Å². The molecule has 3 saturated heterocycles. The lowest BCUT2D eigenvalue weighted by molar-refractivity contribution is -0.144. The van der Waals surface area contributed by atoms with Crippen molar-refractivity contribution in [1.82, 2.24) is 10.2 Å². The number of nitrogens with one attached hydrogen (secondary N) is 2. The van der Waals surface area contributed by atoms with Crippen LogP contribution in [0.4, 0.5) is 10.1 Å². The second kappa shape index (κ2) is 6.58. The highest BCUT2D eigenvalue weighted by molar-refractivity contribution is 6.15. The van der Waals surface area contributed by atoms with Crippen molar-refractivity contribution >= 4 is 29.3 Å². The molecule has 30 heavy (non-hydrogen) atoms. The van der Waals surface area contributed by atoms with Crippen molar-refractivity contribution in [2.24, 2.45) is 17.6 Å². The van der Waals surface area contributed by atoms with Crippen molar-refractivity contribution in [3.05, 3.63) is 29.6 Å². The Bertz CT molecular complexity index is 978. The van der Waals surface area contributed by atoms with Crippen molar-refractivity contribution < 1.29 is 28.3 Å². The van der Waals surface area contributed by atoms with Crippen molar-refractivity contribution in [3.8, 4) is 0 Å². The number of halogens is 1. The van der Waals surface area contributed by atoms with Gasteiger partial charge in [0.1, 0.15) is 11.4 Å². The molecule has 5 rings (SSSR count). The summed E-state index contributed by atoms with van der Waals surface area (Å²) >= 11 is 0. The van der Waals surface area contributed by atoms with Gasteiger partial charge >= 0.3 is 0 Å². The van der Waals surface area contributed by atoms with Gasteiger partial charge in [-0.05, 0) is 31.0 Å². The van der Waals surface area contributed by atoms with E-state index in [2.05, 4.69) is 10.6 Å². The zero-order valence-corrected chi connectivity index (χ0v) is 16.0. The maximum Gasteiger partial charge on any atom is 0.250 e. The van der Waals surface area contributed by atoms with Gasteiger partial charge in [0.15, 0.2) is 0 Å². The Balaban J connectivity index is 1.60. The van der Waals surface area contributed by atoms with E-state index in [4.69, 9.17) is 10.5 Å². The standard InChI is InChI=1S/C20H21FN4O5/c21-9-3-4-12-11(6-9)20(19(29)23-12)16-15(13(24-20)7-14(22)26)17(27)25(18(16)28)8-10-2-1-5-30-10/h3-4,6,10,13,15-16,24H,1-2,5,7-8H2,(H2,22,26)(H,23,29)/t10?,13-,15-,16+,20+/m0/s1. The Morgan fingerprint density at radius 3 is 2.80 bits per heavy atom. The van der Waals surface area contributed by atoms with Crippen LogP contribution < -0.4 is 16.4 Å². The van der Waals surface area contributed by atoms with Crippen LogP contribution in [0.25, 0.3) is 0 Å². The topological polar surface area (TPSA) is 131 Å². The van der Waals surface area contributed by atoms with E-state index >= 15 is 0 Å². The zero-order chi connectivity index (χ0) is 21.2. The number of carbonyl (C=O) groups excluding carboxylic acids is 4. The van der Waals surface area contributed by atoms with Gasteiger partial charge in [-0.1, -0.05) is 0 Å². The second-order valence-electron chi connectivity index (χ2n) is 8.30. The summed E-state index contributed by atoms with van der Waals surface area (Å²) in [4.78, 5) is 52.6. The van der Waals surface area contributed by atoms with Gasteiger partial charge in [0, 0.05) is 30.3 Å². The summed E-state index contributed by atoms with van der Waals surface area (Å²) in [6.07, 6.45) is 1.10. The molecule has 0 saturated carbocycles. The van der Waals surface area contributed by atoms with Gasteiger partial charge in [-0.3, -0.25) is 29.4 Å². The van der Waals surface area contributed by atoms with Gasteiger partial charge in [-0.25, -0.2) is 4.39 Å². The summed E-state index contributed by atoms with van der Waals surface area (Å²) in [6, 6.07) is 2.99. The summed E-state index contributed by atoms with van der Waals surface area (Å²) in [7, 11) is 0. The average molecular weight is 416 g/mol. The zero-order valence-electron chi connectivity index (χ0n) is 16.0. The Morgan fingerprint density at radius 1 is 1.30 bits per heavy atom. The third-order valence-electron chi connectivity index (χ3n) is 6.60. The maximum atomic E-state index is 14.1. The van der Waals surface area contributed by atoms with Gasteiger partial charge in [-0.2, -0.15) is 0 Å². The van der Waals surface area contributed by atoms with Crippen molar-refractivity contribution in [1.29, 1.82) is 0 Å². The highest BCUT2D eigenvalue weighted by atomic mass is 19.1. The fraction of sp³-hybridized carbons (Fsp3) is 0.500. The lowest BCUT2D eigenvalue weighted by Crippen LogP contribution is -2.54. The van der Waals surface area contributed by atoms with E-state index in [1.807, 2.05) is 0 Å². The summed E-state index contributed by atoms with van der Waals surface area (Å²) in [6.45, 7) is 0.667. The van der Waals surface area contributed by atoms with Crippen LogP contribution in [0.3, 0.4) is 0 Å². The molecule has 5 atom stereocenters. The van der Waals surface area contributed by atoms with Crippen molar-refractivity contribution in [2.45, 2.75) is 36.9 Å².